The minimum absolute atomic E-state index is 0.0283. The topological polar surface area (TPSA) is 58.2 Å². The van der Waals surface area contributed by atoms with E-state index in [1.165, 1.54) is 24.3 Å². The van der Waals surface area contributed by atoms with Crippen molar-refractivity contribution < 1.29 is 22.8 Å². The number of alkyl halides is 3. The summed E-state index contributed by atoms with van der Waals surface area (Å²) in [6.45, 7) is 0. The standard InChI is InChI=1S/C17H12Cl3F3N2O2/c18-12-4-2-1-3-11(12)15(26)25-16(27)24-9-7-13(19)10(14(20)8-9)5-6-17(21,22)23/h1-4,7-8H,5-6H2,(H2,24,25,26,27). The number of carbonyl (C=O) groups excluding carboxylic acids is 2. The number of anilines is 1. The molecule has 0 aliphatic rings. The highest BCUT2D eigenvalue weighted by Crippen LogP contribution is 2.32. The Hall–Kier alpha value is -1.96. The maximum absolute atomic E-state index is 12.4. The third-order valence-corrected chi connectivity index (χ3v) is 4.41. The Morgan fingerprint density at radius 3 is 2.11 bits per heavy atom. The molecular weight excluding hydrogens is 428 g/mol. The molecule has 0 spiro atoms. The SMILES string of the molecule is O=C(NC(=O)c1ccccc1Cl)Nc1cc(Cl)c(CCC(F)(F)F)c(Cl)c1. The van der Waals surface area contributed by atoms with Gasteiger partial charge in [-0.05, 0) is 36.2 Å². The van der Waals surface area contributed by atoms with E-state index >= 15 is 0 Å². The highest BCUT2D eigenvalue weighted by atomic mass is 35.5. The first-order chi connectivity index (χ1) is 12.6. The molecule has 0 unspecified atom stereocenters. The van der Waals surface area contributed by atoms with Gasteiger partial charge in [0.25, 0.3) is 5.91 Å². The fourth-order valence-electron chi connectivity index (χ4n) is 2.16. The first-order valence-corrected chi connectivity index (χ1v) is 8.62. The van der Waals surface area contributed by atoms with Crippen LogP contribution in [-0.4, -0.2) is 18.1 Å². The number of hydrogen-bond donors (Lipinski definition) is 2. The molecule has 144 valence electrons. The second-order valence-corrected chi connectivity index (χ2v) is 6.64. The Labute approximate surface area is 167 Å². The molecule has 27 heavy (non-hydrogen) atoms. The van der Waals surface area contributed by atoms with E-state index in [4.69, 9.17) is 34.8 Å². The van der Waals surface area contributed by atoms with Crippen molar-refractivity contribution in [2.45, 2.75) is 19.0 Å². The summed E-state index contributed by atoms with van der Waals surface area (Å²) >= 11 is 17.8. The molecule has 2 aromatic rings. The second kappa shape index (κ2) is 8.82. The molecule has 0 aliphatic carbocycles. The van der Waals surface area contributed by atoms with E-state index in [2.05, 4.69) is 10.6 Å². The fraction of sp³-hybridized carbons (Fsp3) is 0.176. The Morgan fingerprint density at radius 2 is 1.56 bits per heavy atom. The third kappa shape index (κ3) is 6.30. The van der Waals surface area contributed by atoms with Crippen LogP contribution in [0.1, 0.15) is 22.3 Å². The monoisotopic (exact) mass is 438 g/mol. The lowest BCUT2D eigenvalue weighted by Crippen LogP contribution is -2.34. The van der Waals surface area contributed by atoms with Gasteiger partial charge in [-0.2, -0.15) is 13.2 Å². The maximum Gasteiger partial charge on any atom is 0.389 e. The van der Waals surface area contributed by atoms with Gasteiger partial charge in [0.15, 0.2) is 0 Å². The first kappa shape index (κ1) is 21.3. The normalized spacial score (nSPS) is 11.2. The molecule has 2 N–H and O–H groups in total. The highest BCUT2D eigenvalue weighted by molar-refractivity contribution is 6.36. The number of amides is 3. The van der Waals surface area contributed by atoms with Gasteiger partial charge >= 0.3 is 12.2 Å². The molecule has 0 aliphatic heterocycles. The molecule has 2 aromatic carbocycles. The molecular formula is C17H12Cl3F3N2O2. The van der Waals surface area contributed by atoms with Crippen molar-refractivity contribution in [3.8, 4) is 0 Å². The van der Waals surface area contributed by atoms with Crippen LogP contribution >= 0.6 is 34.8 Å². The Bertz CT molecular complexity index is 850. The van der Waals surface area contributed by atoms with E-state index in [0.29, 0.717) is 0 Å². The van der Waals surface area contributed by atoms with Crippen LogP contribution in [0.5, 0.6) is 0 Å². The summed E-state index contributed by atoms with van der Waals surface area (Å²) < 4.78 is 37.1. The van der Waals surface area contributed by atoms with E-state index in [0.717, 1.165) is 0 Å². The van der Waals surface area contributed by atoms with Crippen molar-refractivity contribution in [1.82, 2.24) is 5.32 Å². The Kier molecular flexibility index (Phi) is 6.97. The molecule has 0 saturated heterocycles. The molecule has 4 nitrogen and oxygen atoms in total. The van der Waals surface area contributed by atoms with Gasteiger partial charge in [0, 0.05) is 22.2 Å². The zero-order valence-corrected chi connectivity index (χ0v) is 15.7. The predicted octanol–water partition coefficient (Wildman–Crippen LogP) is 6.10. The van der Waals surface area contributed by atoms with E-state index in [-0.39, 0.29) is 31.9 Å². The van der Waals surface area contributed by atoms with E-state index in [1.807, 2.05) is 0 Å². The molecule has 0 bridgehead atoms. The van der Waals surface area contributed by atoms with Gasteiger partial charge in [-0.15, -0.1) is 0 Å². The number of halogens is 6. The first-order valence-electron chi connectivity index (χ1n) is 7.48. The minimum Gasteiger partial charge on any atom is -0.308 e. The molecule has 0 atom stereocenters. The number of benzene rings is 2. The number of urea groups is 1. The highest BCUT2D eigenvalue weighted by Gasteiger charge is 2.27. The number of hydrogen-bond acceptors (Lipinski definition) is 2. The quantitative estimate of drug-likeness (QED) is 0.604. The summed E-state index contributed by atoms with van der Waals surface area (Å²) in [5.74, 6) is -0.725. The van der Waals surface area contributed by atoms with Gasteiger partial charge in [0.2, 0.25) is 0 Å². The van der Waals surface area contributed by atoms with Crippen LogP contribution in [0.3, 0.4) is 0 Å². The Balaban J connectivity index is 2.06. The van der Waals surface area contributed by atoms with Crippen molar-refractivity contribution in [3.05, 3.63) is 62.6 Å². The van der Waals surface area contributed by atoms with Crippen molar-refractivity contribution in [1.29, 1.82) is 0 Å². The molecule has 3 amide bonds. The van der Waals surface area contributed by atoms with Gasteiger partial charge in [-0.1, -0.05) is 46.9 Å². The summed E-state index contributed by atoms with van der Waals surface area (Å²) in [6, 6.07) is 7.76. The Morgan fingerprint density at radius 1 is 0.963 bits per heavy atom. The number of carbonyl (C=O) groups is 2. The summed E-state index contributed by atoms with van der Waals surface area (Å²) in [6.07, 6.45) is -5.81. The van der Waals surface area contributed by atoms with Crippen LogP contribution in [0.2, 0.25) is 15.1 Å². The van der Waals surface area contributed by atoms with Gasteiger partial charge in [-0.25, -0.2) is 4.79 Å². The lowest BCUT2D eigenvalue weighted by atomic mass is 10.1. The van der Waals surface area contributed by atoms with Crippen molar-refractivity contribution in [3.63, 3.8) is 0 Å². The van der Waals surface area contributed by atoms with Gasteiger partial charge in [0.05, 0.1) is 10.6 Å². The van der Waals surface area contributed by atoms with Gasteiger partial charge < -0.3 is 5.32 Å². The van der Waals surface area contributed by atoms with Crippen LogP contribution in [-0.2, 0) is 6.42 Å². The molecule has 0 fully saturated rings. The molecule has 0 radical (unpaired) electrons. The van der Waals surface area contributed by atoms with Gasteiger partial charge in [-0.3, -0.25) is 10.1 Å². The summed E-state index contributed by atoms with van der Waals surface area (Å²) in [4.78, 5) is 24.0. The predicted molar refractivity (Wildman–Crippen MR) is 98.8 cm³/mol. The number of imide groups is 1. The van der Waals surface area contributed by atoms with Gasteiger partial charge in [0.1, 0.15) is 0 Å². The average molecular weight is 440 g/mol. The van der Waals surface area contributed by atoms with Crippen LogP contribution in [0.25, 0.3) is 0 Å². The summed E-state index contributed by atoms with van der Waals surface area (Å²) in [5, 5.41) is 4.53. The maximum atomic E-state index is 12.4. The minimum atomic E-state index is -4.34. The van der Waals surface area contributed by atoms with Crippen LogP contribution in [0.15, 0.2) is 36.4 Å². The van der Waals surface area contributed by atoms with Crippen LogP contribution in [0, 0.1) is 0 Å². The molecule has 0 heterocycles. The average Bonchev–Trinajstić information content (AvgIpc) is 2.53. The van der Waals surface area contributed by atoms with E-state index in [1.54, 1.807) is 12.1 Å². The number of rotatable bonds is 4. The lowest BCUT2D eigenvalue weighted by Gasteiger charge is -2.12. The molecule has 0 saturated carbocycles. The smallest absolute Gasteiger partial charge is 0.308 e. The van der Waals surface area contributed by atoms with Crippen molar-refractivity contribution in [2.75, 3.05) is 5.32 Å². The van der Waals surface area contributed by atoms with Crippen LogP contribution in [0.4, 0.5) is 23.7 Å². The fourth-order valence-corrected chi connectivity index (χ4v) is 3.06. The van der Waals surface area contributed by atoms with Crippen molar-refractivity contribution in [2.24, 2.45) is 0 Å². The van der Waals surface area contributed by atoms with E-state index in [9.17, 15) is 22.8 Å². The zero-order chi connectivity index (χ0) is 20.2. The largest absolute Gasteiger partial charge is 0.389 e. The van der Waals surface area contributed by atoms with Crippen molar-refractivity contribution >= 4 is 52.4 Å². The van der Waals surface area contributed by atoms with E-state index < -0.39 is 31.0 Å². The third-order valence-electron chi connectivity index (χ3n) is 3.40. The second-order valence-electron chi connectivity index (χ2n) is 5.42. The number of nitrogens with one attached hydrogen (secondary N) is 2. The molecule has 0 aromatic heterocycles. The molecule has 10 heteroatoms. The zero-order valence-electron chi connectivity index (χ0n) is 13.5. The molecule has 2 rings (SSSR count). The summed E-state index contributed by atoms with van der Waals surface area (Å²) in [5.41, 5.74) is 0.340. The van der Waals surface area contributed by atoms with Crippen LogP contribution < -0.4 is 10.6 Å². The lowest BCUT2D eigenvalue weighted by molar-refractivity contribution is -0.133. The summed E-state index contributed by atoms with van der Waals surface area (Å²) in [7, 11) is 0.